The Labute approximate surface area is 97.8 Å². The second-order valence-electron chi connectivity index (χ2n) is 4.77. The molecule has 1 aliphatic rings. The molecule has 0 fully saturated rings. The molecule has 2 nitrogen and oxygen atoms in total. The molecule has 0 saturated heterocycles. The van der Waals surface area contributed by atoms with Gasteiger partial charge < -0.3 is 10.5 Å². The minimum absolute atomic E-state index is 0.144. The van der Waals surface area contributed by atoms with E-state index in [1.54, 1.807) is 0 Å². The van der Waals surface area contributed by atoms with E-state index in [0.29, 0.717) is 6.10 Å². The molecule has 2 heteroatoms. The lowest BCUT2D eigenvalue weighted by Gasteiger charge is -2.30. The maximum atomic E-state index is 6.20. The maximum absolute atomic E-state index is 6.20. The Hall–Kier alpha value is -1.02. The summed E-state index contributed by atoms with van der Waals surface area (Å²) >= 11 is 0. The SMILES string of the molecule is CCCCC1C[C@@H](N)c2cc(C)ccc2O1. The zero-order valence-corrected chi connectivity index (χ0v) is 10.2. The molecule has 1 aromatic carbocycles. The molecule has 1 heterocycles. The summed E-state index contributed by atoms with van der Waals surface area (Å²) in [5, 5.41) is 0. The van der Waals surface area contributed by atoms with Crippen LogP contribution < -0.4 is 10.5 Å². The molecule has 2 N–H and O–H groups in total. The molecule has 0 spiro atoms. The van der Waals surface area contributed by atoms with E-state index in [-0.39, 0.29) is 6.04 Å². The second-order valence-corrected chi connectivity index (χ2v) is 4.77. The van der Waals surface area contributed by atoms with Crippen LogP contribution in [0.5, 0.6) is 5.75 Å². The van der Waals surface area contributed by atoms with Crippen molar-refractivity contribution >= 4 is 0 Å². The van der Waals surface area contributed by atoms with Crippen molar-refractivity contribution in [2.24, 2.45) is 5.73 Å². The molecular weight excluding hydrogens is 198 g/mol. The summed E-state index contributed by atoms with van der Waals surface area (Å²) in [5.74, 6) is 0.991. The van der Waals surface area contributed by atoms with E-state index in [2.05, 4.69) is 32.0 Å². The number of benzene rings is 1. The molecule has 16 heavy (non-hydrogen) atoms. The van der Waals surface area contributed by atoms with Crippen LogP contribution in [0.15, 0.2) is 18.2 Å². The molecule has 1 unspecified atom stereocenters. The van der Waals surface area contributed by atoms with Crippen LogP contribution in [-0.4, -0.2) is 6.10 Å². The minimum atomic E-state index is 0.144. The number of hydrogen-bond acceptors (Lipinski definition) is 2. The lowest BCUT2D eigenvalue weighted by molar-refractivity contribution is 0.147. The molecule has 0 bridgehead atoms. The second kappa shape index (κ2) is 4.88. The summed E-state index contributed by atoms with van der Waals surface area (Å²) in [6.45, 7) is 4.30. The van der Waals surface area contributed by atoms with Gasteiger partial charge in [-0.25, -0.2) is 0 Å². The maximum Gasteiger partial charge on any atom is 0.124 e. The molecule has 88 valence electrons. The number of unbranched alkanes of at least 4 members (excludes halogenated alkanes) is 1. The fourth-order valence-electron chi connectivity index (χ4n) is 2.31. The van der Waals surface area contributed by atoms with Crippen molar-refractivity contribution < 1.29 is 4.74 Å². The highest BCUT2D eigenvalue weighted by Crippen LogP contribution is 2.35. The van der Waals surface area contributed by atoms with E-state index >= 15 is 0 Å². The lowest BCUT2D eigenvalue weighted by Crippen LogP contribution is -2.29. The topological polar surface area (TPSA) is 35.2 Å². The normalized spacial score (nSPS) is 23.7. The Bertz CT molecular complexity index is 362. The van der Waals surface area contributed by atoms with Gasteiger partial charge in [0.25, 0.3) is 0 Å². The Morgan fingerprint density at radius 2 is 2.25 bits per heavy atom. The predicted molar refractivity (Wildman–Crippen MR) is 66.7 cm³/mol. The van der Waals surface area contributed by atoms with Crippen LogP contribution in [-0.2, 0) is 0 Å². The van der Waals surface area contributed by atoms with Gasteiger partial charge in [0, 0.05) is 18.0 Å². The first-order chi connectivity index (χ1) is 7.70. The molecule has 0 aliphatic carbocycles. The number of hydrogen-bond donors (Lipinski definition) is 1. The van der Waals surface area contributed by atoms with Crippen molar-refractivity contribution in [2.45, 2.75) is 51.7 Å². The Balaban J connectivity index is 2.13. The average Bonchev–Trinajstić information content (AvgIpc) is 2.27. The highest BCUT2D eigenvalue weighted by atomic mass is 16.5. The van der Waals surface area contributed by atoms with Crippen LogP contribution in [0, 0.1) is 6.92 Å². The first kappa shape index (κ1) is 11.5. The van der Waals surface area contributed by atoms with E-state index in [1.807, 2.05) is 0 Å². The summed E-state index contributed by atoms with van der Waals surface area (Å²) in [6.07, 6.45) is 4.83. The molecular formula is C14H21NO. The smallest absolute Gasteiger partial charge is 0.124 e. The third kappa shape index (κ3) is 2.38. The monoisotopic (exact) mass is 219 g/mol. The van der Waals surface area contributed by atoms with Gasteiger partial charge in [0.05, 0.1) is 0 Å². The van der Waals surface area contributed by atoms with Crippen LogP contribution in [0.25, 0.3) is 0 Å². The first-order valence-electron chi connectivity index (χ1n) is 6.23. The largest absolute Gasteiger partial charge is 0.490 e. The Kier molecular flexibility index (Phi) is 3.49. The molecule has 0 amide bonds. The van der Waals surface area contributed by atoms with Crippen molar-refractivity contribution in [1.29, 1.82) is 0 Å². The van der Waals surface area contributed by atoms with Crippen molar-refractivity contribution in [1.82, 2.24) is 0 Å². The zero-order valence-electron chi connectivity index (χ0n) is 10.2. The van der Waals surface area contributed by atoms with Gasteiger partial charge in [0.2, 0.25) is 0 Å². The number of nitrogens with two attached hydrogens (primary N) is 1. The van der Waals surface area contributed by atoms with Gasteiger partial charge in [-0.3, -0.25) is 0 Å². The average molecular weight is 219 g/mol. The summed E-state index contributed by atoms with van der Waals surface area (Å²) in [4.78, 5) is 0. The van der Waals surface area contributed by atoms with E-state index in [1.165, 1.54) is 24.0 Å². The van der Waals surface area contributed by atoms with E-state index in [4.69, 9.17) is 10.5 Å². The number of ether oxygens (including phenoxy) is 1. The highest BCUT2D eigenvalue weighted by Gasteiger charge is 2.25. The molecule has 0 aromatic heterocycles. The fourth-order valence-corrected chi connectivity index (χ4v) is 2.31. The van der Waals surface area contributed by atoms with Crippen LogP contribution in [0.3, 0.4) is 0 Å². The quantitative estimate of drug-likeness (QED) is 0.846. The summed E-state index contributed by atoms with van der Waals surface area (Å²) in [7, 11) is 0. The number of rotatable bonds is 3. The molecule has 0 radical (unpaired) electrons. The van der Waals surface area contributed by atoms with E-state index < -0.39 is 0 Å². The van der Waals surface area contributed by atoms with E-state index in [0.717, 1.165) is 18.6 Å². The van der Waals surface area contributed by atoms with Crippen LogP contribution >= 0.6 is 0 Å². The standard InChI is InChI=1S/C14H21NO/c1-3-4-5-11-9-13(15)12-8-10(2)6-7-14(12)16-11/h6-8,11,13H,3-5,9,15H2,1-2H3/t11?,13-/m1/s1. The molecule has 1 aliphatic heterocycles. The van der Waals surface area contributed by atoms with Gasteiger partial charge in [-0.2, -0.15) is 0 Å². The molecule has 2 rings (SSSR count). The third-order valence-corrected chi connectivity index (χ3v) is 3.25. The van der Waals surface area contributed by atoms with Gasteiger partial charge in [0.1, 0.15) is 11.9 Å². The number of aryl methyl sites for hydroxylation is 1. The van der Waals surface area contributed by atoms with Gasteiger partial charge in [0.15, 0.2) is 0 Å². The van der Waals surface area contributed by atoms with Gasteiger partial charge >= 0.3 is 0 Å². The van der Waals surface area contributed by atoms with Gasteiger partial charge in [-0.05, 0) is 19.4 Å². The summed E-state index contributed by atoms with van der Waals surface area (Å²) in [5.41, 5.74) is 8.63. The summed E-state index contributed by atoms with van der Waals surface area (Å²) < 4.78 is 5.98. The minimum Gasteiger partial charge on any atom is -0.490 e. The molecule has 0 saturated carbocycles. The predicted octanol–water partition coefficient (Wildman–Crippen LogP) is 3.34. The fraction of sp³-hybridized carbons (Fsp3) is 0.571. The van der Waals surface area contributed by atoms with Crippen LogP contribution in [0.2, 0.25) is 0 Å². The first-order valence-corrected chi connectivity index (χ1v) is 6.23. The highest BCUT2D eigenvalue weighted by molar-refractivity contribution is 5.40. The van der Waals surface area contributed by atoms with Crippen molar-refractivity contribution in [2.75, 3.05) is 0 Å². The van der Waals surface area contributed by atoms with Crippen LogP contribution in [0.4, 0.5) is 0 Å². The lowest BCUT2D eigenvalue weighted by atomic mass is 9.94. The van der Waals surface area contributed by atoms with Crippen molar-refractivity contribution in [3.63, 3.8) is 0 Å². The molecule has 2 atom stereocenters. The Morgan fingerprint density at radius 1 is 1.44 bits per heavy atom. The summed E-state index contributed by atoms with van der Waals surface area (Å²) in [6, 6.07) is 6.44. The van der Waals surface area contributed by atoms with Crippen molar-refractivity contribution in [3.05, 3.63) is 29.3 Å². The van der Waals surface area contributed by atoms with E-state index in [9.17, 15) is 0 Å². The Morgan fingerprint density at radius 3 is 3.00 bits per heavy atom. The third-order valence-electron chi connectivity index (χ3n) is 3.25. The van der Waals surface area contributed by atoms with Crippen LogP contribution in [0.1, 0.15) is 49.8 Å². The van der Waals surface area contributed by atoms with Gasteiger partial charge in [-0.1, -0.05) is 37.5 Å². The zero-order chi connectivity index (χ0) is 11.5. The van der Waals surface area contributed by atoms with Crippen molar-refractivity contribution in [3.8, 4) is 5.75 Å². The van der Waals surface area contributed by atoms with Gasteiger partial charge in [-0.15, -0.1) is 0 Å². The number of fused-ring (bicyclic) bond motifs is 1. The molecule has 1 aromatic rings.